The average Bonchev–Trinajstić information content (AvgIpc) is 1.84. The predicted octanol–water partition coefficient (Wildman–Crippen LogP) is 3.17. The van der Waals surface area contributed by atoms with E-state index in [9.17, 15) is 4.39 Å². The molecule has 0 unspecified atom stereocenters. The highest BCUT2D eigenvalue weighted by Gasteiger charge is 1.98. The van der Waals surface area contributed by atoms with Gasteiger partial charge in [0.05, 0.1) is 5.03 Å². The Labute approximate surface area is 59.3 Å². The molecular weight excluding hydrogens is 139 g/mol. The van der Waals surface area contributed by atoms with Gasteiger partial charge in [-0.15, -0.1) is 0 Å². The van der Waals surface area contributed by atoms with E-state index < -0.39 is 5.83 Å². The smallest absolute Gasteiger partial charge is 0.144 e. The molecule has 0 fully saturated rings. The molecule has 0 aliphatic heterocycles. The zero-order valence-corrected chi connectivity index (χ0v) is 6.00. The molecule has 0 aromatic heterocycles. The zero-order valence-electron chi connectivity index (χ0n) is 5.25. The van der Waals surface area contributed by atoms with Gasteiger partial charge in [0.15, 0.2) is 0 Å². The van der Waals surface area contributed by atoms with Gasteiger partial charge >= 0.3 is 0 Å². The van der Waals surface area contributed by atoms with Gasteiger partial charge in [0.1, 0.15) is 5.83 Å². The lowest BCUT2D eigenvalue weighted by atomic mass is 10.2. The van der Waals surface area contributed by atoms with Crippen molar-refractivity contribution < 1.29 is 4.39 Å². The van der Waals surface area contributed by atoms with E-state index in [0.717, 1.165) is 0 Å². The molecule has 0 saturated heterocycles. The summed E-state index contributed by atoms with van der Waals surface area (Å²) >= 11 is 5.23. The highest BCUT2D eigenvalue weighted by atomic mass is 35.5. The normalized spacial score (nSPS) is 12.3. The van der Waals surface area contributed by atoms with Crippen LogP contribution in [-0.4, -0.2) is 0 Å². The number of hydrogen-bond acceptors (Lipinski definition) is 0. The van der Waals surface area contributed by atoms with E-state index in [2.05, 4.69) is 13.2 Å². The molecule has 0 aliphatic rings. The topological polar surface area (TPSA) is 0 Å². The van der Waals surface area contributed by atoms with Crippen molar-refractivity contribution in [2.24, 2.45) is 0 Å². The molecule has 0 aromatic carbocycles. The van der Waals surface area contributed by atoms with E-state index >= 15 is 0 Å². The van der Waals surface area contributed by atoms with Gasteiger partial charge in [-0.3, -0.25) is 0 Å². The van der Waals surface area contributed by atoms with Crippen LogP contribution in [-0.2, 0) is 0 Å². The van der Waals surface area contributed by atoms with E-state index in [1.54, 1.807) is 6.92 Å². The molecule has 0 atom stereocenters. The minimum atomic E-state index is -0.494. The molecule has 0 saturated carbocycles. The van der Waals surface area contributed by atoms with Crippen molar-refractivity contribution in [2.45, 2.75) is 6.92 Å². The first-order chi connectivity index (χ1) is 4.09. The standard InChI is InChI=1S/C7H8ClF/c1-4-5(2)7(9)6(3)8/h4H,1,3H2,2H3/b7-5+. The Morgan fingerprint density at radius 2 is 2.11 bits per heavy atom. The van der Waals surface area contributed by atoms with Gasteiger partial charge in [-0.1, -0.05) is 30.8 Å². The zero-order chi connectivity index (χ0) is 7.44. The van der Waals surface area contributed by atoms with Crippen molar-refractivity contribution in [2.75, 3.05) is 0 Å². The van der Waals surface area contributed by atoms with Gasteiger partial charge < -0.3 is 0 Å². The lowest BCUT2D eigenvalue weighted by Crippen LogP contribution is -1.75. The summed E-state index contributed by atoms with van der Waals surface area (Å²) in [5.74, 6) is -0.494. The van der Waals surface area contributed by atoms with Gasteiger partial charge in [0.2, 0.25) is 0 Å². The second kappa shape index (κ2) is 3.46. The summed E-state index contributed by atoms with van der Waals surface area (Å²) in [6.07, 6.45) is 1.39. The highest BCUT2D eigenvalue weighted by Crippen LogP contribution is 2.17. The summed E-state index contributed by atoms with van der Waals surface area (Å²) in [5, 5.41) is -0.0765. The number of rotatable bonds is 2. The van der Waals surface area contributed by atoms with Gasteiger partial charge in [-0.25, -0.2) is 4.39 Å². The van der Waals surface area contributed by atoms with Gasteiger partial charge in [0.25, 0.3) is 0 Å². The Morgan fingerprint density at radius 1 is 1.67 bits per heavy atom. The molecule has 0 rings (SSSR count). The average molecular weight is 147 g/mol. The third kappa shape index (κ3) is 2.47. The Morgan fingerprint density at radius 3 is 2.22 bits per heavy atom. The molecule has 0 nitrogen and oxygen atoms in total. The summed E-state index contributed by atoms with van der Waals surface area (Å²) in [5.41, 5.74) is 0.412. The summed E-state index contributed by atoms with van der Waals surface area (Å²) in [7, 11) is 0. The summed E-state index contributed by atoms with van der Waals surface area (Å²) in [4.78, 5) is 0. The SMILES string of the molecule is C=C/C(C)=C(/F)C(=C)Cl. The molecule has 50 valence electrons. The number of allylic oxidation sites excluding steroid dienone is 4. The molecule has 9 heavy (non-hydrogen) atoms. The Balaban J connectivity index is 4.47. The predicted molar refractivity (Wildman–Crippen MR) is 39.0 cm³/mol. The van der Waals surface area contributed by atoms with Crippen molar-refractivity contribution in [3.05, 3.63) is 35.7 Å². The van der Waals surface area contributed by atoms with Crippen molar-refractivity contribution in [3.63, 3.8) is 0 Å². The largest absolute Gasteiger partial charge is 0.205 e. The molecule has 0 aromatic rings. The molecule has 0 aliphatic carbocycles. The van der Waals surface area contributed by atoms with E-state index in [0.29, 0.717) is 5.57 Å². The van der Waals surface area contributed by atoms with Crippen molar-refractivity contribution in [1.29, 1.82) is 0 Å². The van der Waals surface area contributed by atoms with Crippen LogP contribution in [0.5, 0.6) is 0 Å². The minimum Gasteiger partial charge on any atom is -0.205 e. The van der Waals surface area contributed by atoms with Crippen LogP contribution in [0, 0.1) is 0 Å². The molecule has 0 N–H and O–H groups in total. The van der Waals surface area contributed by atoms with Crippen LogP contribution in [0.25, 0.3) is 0 Å². The lowest BCUT2D eigenvalue weighted by molar-refractivity contribution is 0.654. The second-order valence-corrected chi connectivity index (χ2v) is 2.06. The van der Waals surface area contributed by atoms with Crippen LogP contribution in [0.2, 0.25) is 0 Å². The second-order valence-electron chi connectivity index (χ2n) is 1.61. The molecule has 2 heteroatoms. The minimum absolute atomic E-state index is 0.0765. The third-order valence-corrected chi connectivity index (χ3v) is 1.06. The first kappa shape index (κ1) is 8.44. The maximum Gasteiger partial charge on any atom is 0.144 e. The van der Waals surface area contributed by atoms with Gasteiger partial charge in [-0.05, 0) is 12.5 Å². The summed E-state index contributed by atoms with van der Waals surface area (Å²) in [6, 6.07) is 0. The molecule has 0 amide bonds. The van der Waals surface area contributed by atoms with Crippen LogP contribution >= 0.6 is 11.6 Å². The van der Waals surface area contributed by atoms with Gasteiger partial charge in [0, 0.05) is 0 Å². The number of halogens is 2. The van der Waals surface area contributed by atoms with E-state index in [4.69, 9.17) is 11.6 Å². The summed E-state index contributed by atoms with van der Waals surface area (Å²) < 4.78 is 12.5. The molecule has 0 spiro atoms. The summed E-state index contributed by atoms with van der Waals surface area (Å²) in [6.45, 7) is 8.15. The van der Waals surface area contributed by atoms with Gasteiger partial charge in [-0.2, -0.15) is 0 Å². The lowest BCUT2D eigenvalue weighted by Gasteiger charge is -1.93. The highest BCUT2D eigenvalue weighted by molar-refractivity contribution is 6.31. The van der Waals surface area contributed by atoms with Crippen LogP contribution in [0.4, 0.5) is 4.39 Å². The van der Waals surface area contributed by atoms with Crippen molar-refractivity contribution >= 4 is 11.6 Å². The van der Waals surface area contributed by atoms with Crippen molar-refractivity contribution in [3.8, 4) is 0 Å². The van der Waals surface area contributed by atoms with E-state index in [-0.39, 0.29) is 5.03 Å². The van der Waals surface area contributed by atoms with E-state index in [1.807, 2.05) is 0 Å². The van der Waals surface area contributed by atoms with Crippen LogP contribution in [0.15, 0.2) is 35.7 Å². The fourth-order valence-corrected chi connectivity index (χ4v) is 0.453. The third-order valence-electron chi connectivity index (χ3n) is 0.891. The quantitative estimate of drug-likeness (QED) is 0.525. The first-order valence-electron chi connectivity index (χ1n) is 2.43. The maximum absolute atomic E-state index is 12.5. The van der Waals surface area contributed by atoms with Crippen LogP contribution in [0.1, 0.15) is 6.92 Å². The first-order valence-corrected chi connectivity index (χ1v) is 2.81. The molecular formula is C7H8ClF. The molecule has 0 heterocycles. The fourth-order valence-electron chi connectivity index (χ4n) is 0.304. The van der Waals surface area contributed by atoms with Crippen LogP contribution < -0.4 is 0 Å². The monoisotopic (exact) mass is 146 g/mol. The van der Waals surface area contributed by atoms with Crippen molar-refractivity contribution in [1.82, 2.24) is 0 Å². The molecule has 0 bridgehead atoms. The Bertz CT molecular complexity index is 168. The molecule has 0 radical (unpaired) electrons. The maximum atomic E-state index is 12.5. The Kier molecular flexibility index (Phi) is 3.25. The van der Waals surface area contributed by atoms with E-state index in [1.165, 1.54) is 6.08 Å². The Hall–Kier alpha value is -0.560. The number of hydrogen-bond donors (Lipinski definition) is 0. The van der Waals surface area contributed by atoms with Crippen LogP contribution in [0.3, 0.4) is 0 Å². The fraction of sp³-hybridized carbons (Fsp3) is 0.143.